The van der Waals surface area contributed by atoms with E-state index in [0.717, 1.165) is 6.33 Å². The molecule has 126 valence electrons. The van der Waals surface area contributed by atoms with Gasteiger partial charge in [-0.3, -0.25) is 4.57 Å². The number of rotatable bonds is 3. The molecule has 7 N–H and O–H groups in total. The van der Waals surface area contributed by atoms with Crippen LogP contribution in [-0.4, -0.2) is 68.2 Å². The molecule has 1 fully saturated rings. The first kappa shape index (κ1) is 16.0. The lowest BCUT2D eigenvalue weighted by Crippen LogP contribution is -2.33. The topological polar surface area (TPSA) is 200 Å². The third-order valence-corrected chi connectivity index (χ3v) is 4.29. The van der Waals surface area contributed by atoms with Gasteiger partial charge in [0.2, 0.25) is 11.0 Å². The van der Waals surface area contributed by atoms with Crippen molar-refractivity contribution in [2.45, 2.75) is 29.6 Å². The Labute approximate surface area is 129 Å². The first-order valence-electron chi connectivity index (χ1n) is 6.39. The van der Waals surface area contributed by atoms with Crippen LogP contribution in [0, 0.1) is 0 Å². The van der Waals surface area contributed by atoms with E-state index >= 15 is 0 Å². The number of ether oxygens (including phenoxy) is 1. The van der Waals surface area contributed by atoms with E-state index in [0.29, 0.717) is 0 Å². The van der Waals surface area contributed by atoms with E-state index < -0.39 is 46.2 Å². The molecule has 1 aliphatic rings. The Morgan fingerprint density at radius 1 is 1.30 bits per heavy atom. The molecule has 0 aliphatic carbocycles. The fraction of sp³-hybridized carbons (Fsp3) is 0.500. The molecule has 2 aromatic heterocycles. The van der Waals surface area contributed by atoms with Crippen LogP contribution in [0.2, 0.25) is 0 Å². The first-order valence-corrected chi connectivity index (χ1v) is 7.94. The number of sulfonamides is 1. The molecular weight excluding hydrogens is 332 g/mol. The standard InChI is InChI=1S/C10H14N6O6S/c11-10-14-7-4(8(15-10)23(12,20)21)13-2-16(7)9-6(19)5(18)3(1-17)22-9/h2-3,5-6,9,17-19H,1H2,(H2,11,14,15)(H2,12,20,21)/t3-,5-,6-,9+/m0/s1. The van der Waals surface area contributed by atoms with Crippen molar-refractivity contribution in [3.05, 3.63) is 6.33 Å². The van der Waals surface area contributed by atoms with Crippen molar-refractivity contribution in [2.24, 2.45) is 5.14 Å². The van der Waals surface area contributed by atoms with E-state index in [2.05, 4.69) is 15.0 Å². The van der Waals surface area contributed by atoms with Gasteiger partial charge in [-0.25, -0.2) is 18.5 Å². The molecule has 0 saturated carbocycles. The number of primary sulfonamides is 1. The van der Waals surface area contributed by atoms with E-state index in [4.69, 9.17) is 20.7 Å². The molecular formula is C10H14N6O6S. The predicted molar refractivity (Wildman–Crippen MR) is 74.1 cm³/mol. The maximum atomic E-state index is 11.6. The van der Waals surface area contributed by atoms with E-state index in [1.807, 2.05) is 0 Å². The molecule has 2 aromatic rings. The normalized spacial score (nSPS) is 28.5. The number of imidazole rings is 1. The highest BCUT2D eigenvalue weighted by Crippen LogP contribution is 2.32. The van der Waals surface area contributed by atoms with Crippen LogP contribution < -0.4 is 10.9 Å². The number of nitrogens with two attached hydrogens (primary N) is 2. The zero-order valence-corrected chi connectivity index (χ0v) is 12.3. The summed E-state index contributed by atoms with van der Waals surface area (Å²) in [4.78, 5) is 11.3. The zero-order valence-electron chi connectivity index (χ0n) is 11.5. The van der Waals surface area contributed by atoms with Gasteiger partial charge in [0.25, 0.3) is 10.0 Å². The minimum Gasteiger partial charge on any atom is -0.394 e. The van der Waals surface area contributed by atoms with Gasteiger partial charge in [0.05, 0.1) is 12.9 Å². The van der Waals surface area contributed by atoms with Crippen molar-refractivity contribution in [1.82, 2.24) is 19.5 Å². The lowest BCUT2D eigenvalue weighted by atomic mass is 10.1. The van der Waals surface area contributed by atoms with Crippen LogP contribution in [0.25, 0.3) is 11.2 Å². The molecule has 3 rings (SSSR count). The molecule has 0 bridgehead atoms. The van der Waals surface area contributed by atoms with Crippen LogP contribution >= 0.6 is 0 Å². The second-order valence-electron chi connectivity index (χ2n) is 4.98. The molecule has 1 aliphatic heterocycles. The largest absolute Gasteiger partial charge is 0.394 e. The van der Waals surface area contributed by atoms with Crippen LogP contribution in [0.4, 0.5) is 5.95 Å². The average Bonchev–Trinajstić information content (AvgIpc) is 3.00. The van der Waals surface area contributed by atoms with E-state index in [-0.39, 0.29) is 17.1 Å². The number of nitrogens with zero attached hydrogens (tertiary/aromatic N) is 4. The first-order chi connectivity index (χ1) is 10.7. The molecule has 0 amide bonds. The fourth-order valence-electron chi connectivity index (χ4n) is 2.40. The van der Waals surface area contributed by atoms with E-state index in [9.17, 15) is 18.6 Å². The third-order valence-electron chi connectivity index (χ3n) is 3.47. The van der Waals surface area contributed by atoms with Crippen LogP contribution in [0.15, 0.2) is 11.4 Å². The Hall–Kier alpha value is -1.90. The number of fused-ring (bicyclic) bond motifs is 1. The van der Waals surface area contributed by atoms with E-state index in [1.165, 1.54) is 4.57 Å². The summed E-state index contributed by atoms with van der Waals surface area (Å²) in [5.41, 5.74) is 5.29. The number of hydrogen-bond donors (Lipinski definition) is 5. The lowest BCUT2D eigenvalue weighted by molar-refractivity contribution is -0.0511. The van der Waals surface area contributed by atoms with Crippen LogP contribution in [0.3, 0.4) is 0 Å². The SMILES string of the molecule is Nc1nc(S(N)(=O)=O)c2ncn([C@@H]3O[C@@H](CO)[C@H](O)[C@@H]3O)c2n1. The van der Waals surface area contributed by atoms with Crippen molar-refractivity contribution >= 4 is 27.1 Å². The smallest absolute Gasteiger partial charge is 0.258 e. The van der Waals surface area contributed by atoms with Crippen LogP contribution in [-0.2, 0) is 14.8 Å². The summed E-state index contributed by atoms with van der Waals surface area (Å²) in [5, 5.41) is 33.5. The van der Waals surface area contributed by atoms with Crippen molar-refractivity contribution in [3.8, 4) is 0 Å². The molecule has 3 heterocycles. The van der Waals surface area contributed by atoms with Gasteiger partial charge in [0.15, 0.2) is 11.9 Å². The van der Waals surface area contributed by atoms with Gasteiger partial charge < -0.3 is 25.8 Å². The summed E-state index contributed by atoms with van der Waals surface area (Å²) in [6.45, 7) is -0.513. The quantitative estimate of drug-likeness (QED) is 0.350. The lowest BCUT2D eigenvalue weighted by Gasteiger charge is -2.16. The maximum Gasteiger partial charge on any atom is 0.258 e. The molecule has 12 nitrogen and oxygen atoms in total. The second-order valence-corrected chi connectivity index (χ2v) is 6.46. The second kappa shape index (κ2) is 5.33. The summed E-state index contributed by atoms with van der Waals surface area (Å²) >= 11 is 0. The number of anilines is 1. The molecule has 4 atom stereocenters. The van der Waals surface area contributed by atoms with Gasteiger partial charge in [-0.05, 0) is 0 Å². The number of nitrogen functional groups attached to an aromatic ring is 1. The van der Waals surface area contributed by atoms with Crippen molar-refractivity contribution in [3.63, 3.8) is 0 Å². The highest BCUT2D eigenvalue weighted by molar-refractivity contribution is 7.89. The Balaban J connectivity index is 2.16. The molecule has 0 unspecified atom stereocenters. The Morgan fingerprint density at radius 2 is 2.00 bits per heavy atom. The highest BCUT2D eigenvalue weighted by atomic mass is 32.2. The van der Waals surface area contributed by atoms with Crippen LogP contribution in [0.1, 0.15) is 6.23 Å². The number of aromatic nitrogens is 4. The molecule has 1 saturated heterocycles. The Bertz CT molecular complexity index is 853. The van der Waals surface area contributed by atoms with Crippen molar-refractivity contribution in [2.75, 3.05) is 12.3 Å². The molecule has 23 heavy (non-hydrogen) atoms. The molecule has 0 aromatic carbocycles. The Morgan fingerprint density at radius 3 is 2.57 bits per heavy atom. The van der Waals surface area contributed by atoms with Gasteiger partial charge in [0.1, 0.15) is 23.8 Å². The number of aliphatic hydroxyl groups excluding tert-OH is 3. The summed E-state index contributed by atoms with van der Waals surface area (Å²) in [6, 6.07) is 0. The van der Waals surface area contributed by atoms with Gasteiger partial charge >= 0.3 is 0 Å². The van der Waals surface area contributed by atoms with E-state index in [1.54, 1.807) is 0 Å². The molecule has 0 radical (unpaired) electrons. The zero-order chi connectivity index (χ0) is 16.9. The summed E-state index contributed by atoms with van der Waals surface area (Å²) < 4.78 is 29.7. The highest BCUT2D eigenvalue weighted by Gasteiger charge is 2.44. The summed E-state index contributed by atoms with van der Waals surface area (Å²) in [7, 11) is -4.20. The van der Waals surface area contributed by atoms with Crippen molar-refractivity contribution < 1.29 is 28.5 Å². The van der Waals surface area contributed by atoms with Gasteiger partial charge in [-0.1, -0.05) is 0 Å². The summed E-state index contributed by atoms with van der Waals surface area (Å²) in [6.07, 6.45) is -3.73. The van der Waals surface area contributed by atoms with Gasteiger partial charge in [-0.15, -0.1) is 0 Å². The number of aliphatic hydroxyl groups is 3. The van der Waals surface area contributed by atoms with Gasteiger partial charge in [0, 0.05) is 0 Å². The Kier molecular flexibility index (Phi) is 3.70. The molecule has 13 heteroatoms. The predicted octanol–water partition coefficient (Wildman–Crippen LogP) is -3.33. The van der Waals surface area contributed by atoms with Crippen molar-refractivity contribution in [1.29, 1.82) is 0 Å². The average molecular weight is 346 g/mol. The van der Waals surface area contributed by atoms with Crippen LogP contribution in [0.5, 0.6) is 0 Å². The minimum atomic E-state index is -4.20. The molecule has 0 spiro atoms. The monoisotopic (exact) mass is 346 g/mol. The maximum absolute atomic E-state index is 11.6. The summed E-state index contributed by atoms with van der Waals surface area (Å²) in [5.74, 6) is -0.366. The van der Waals surface area contributed by atoms with Gasteiger partial charge in [-0.2, -0.15) is 9.97 Å². The fourth-order valence-corrected chi connectivity index (χ4v) is 3.04. The third kappa shape index (κ3) is 2.52. The minimum absolute atomic E-state index is 0.0450. The number of hydrogen-bond acceptors (Lipinski definition) is 10.